The smallest absolute Gasteiger partial charge is 0.128 e. The van der Waals surface area contributed by atoms with E-state index in [0.717, 1.165) is 49.2 Å². The highest BCUT2D eigenvalue weighted by molar-refractivity contribution is 5.62. The molecule has 31 heavy (non-hydrogen) atoms. The van der Waals surface area contributed by atoms with Crippen molar-refractivity contribution in [1.82, 2.24) is 0 Å². The second-order valence-corrected chi connectivity index (χ2v) is 13.1. The van der Waals surface area contributed by atoms with Gasteiger partial charge in [-0.3, -0.25) is 0 Å². The Morgan fingerprint density at radius 3 is 2.42 bits per heavy atom. The highest BCUT2D eigenvalue weighted by atomic mass is 16.3. The molecule has 1 N–H and O–H groups in total. The van der Waals surface area contributed by atoms with Gasteiger partial charge in [-0.1, -0.05) is 72.0 Å². The molecule has 0 saturated heterocycles. The lowest BCUT2D eigenvalue weighted by atomic mass is 9.45. The maximum absolute atomic E-state index is 12.2. The highest BCUT2D eigenvalue weighted by Gasteiger charge is 2.60. The zero-order valence-corrected chi connectivity index (χ0v) is 21.2. The van der Waals surface area contributed by atoms with E-state index in [0.29, 0.717) is 11.3 Å². The summed E-state index contributed by atoms with van der Waals surface area (Å²) < 4.78 is 0. The number of aliphatic hydroxyl groups is 1. The standard InChI is InChI=1S/C29H48O2/c1-19(2)8-7-9-20(3)22-11-12-23-21-10-13-25-28(5,24(21)14-16-27(22,23)4)17-15-26(31)29(25,6)18-30/h18-20,22-23,25-26,31H,7-17H2,1-6H3/t20-,22-,23+,25-,26+,27-,28-,29-/m1/s1. The molecule has 0 bridgehead atoms. The normalized spacial score (nSPS) is 45.8. The van der Waals surface area contributed by atoms with Crippen LogP contribution < -0.4 is 0 Å². The number of fused-ring (bicyclic) bond motifs is 4. The van der Waals surface area contributed by atoms with Crippen LogP contribution in [0.5, 0.6) is 0 Å². The second-order valence-electron chi connectivity index (χ2n) is 13.1. The van der Waals surface area contributed by atoms with E-state index in [1.54, 1.807) is 11.1 Å². The lowest BCUT2D eigenvalue weighted by Gasteiger charge is -2.59. The van der Waals surface area contributed by atoms with E-state index in [2.05, 4.69) is 34.6 Å². The fourth-order valence-corrected chi connectivity index (χ4v) is 9.21. The molecule has 0 amide bonds. The lowest BCUT2D eigenvalue weighted by molar-refractivity contribution is -0.142. The molecule has 2 fully saturated rings. The van der Waals surface area contributed by atoms with Gasteiger partial charge < -0.3 is 9.90 Å². The number of aliphatic hydroxyl groups excluding tert-OH is 1. The first kappa shape index (κ1) is 23.5. The summed E-state index contributed by atoms with van der Waals surface area (Å²) in [6, 6.07) is 0. The Hall–Kier alpha value is -0.630. The molecule has 0 aromatic carbocycles. The van der Waals surface area contributed by atoms with Crippen LogP contribution in [-0.4, -0.2) is 17.5 Å². The predicted octanol–water partition coefficient (Wildman–Crippen LogP) is 7.35. The van der Waals surface area contributed by atoms with Crippen LogP contribution in [0.4, 0.5) is 0 Å². The van der Waals surface area contributed by atoms with Crippen molar-refractivity contribution in [3.63, 3.8) is 0 Å². The van der Waals surface area contributed by atoms with Crippen molar-refractivity contribution in [2.75, 3.05) is 0 Å². The third kappa shape index (κ3) is 3.58. The number of aldehydes is 1. The van der Waals surface area contributed by atoms with Crippen molar-refractivity contribution >= 4 is 6.29 Å². The van der Waals surface area contributed by atoms with Gasteiger partial charge in [-0.05, 0) is 91.8 Å². The van der Waals surface area contributed by atoms with Crippen LogP contribution in [0.2, 0.25) is 0 Å². The zero-order valence-electron chi connectivity index (χ0n) is 21.2. The molecule has 4 aliphatic carbocycles. The monoisotopic (exact) mass is 428 g/mol. The lowest BCUT2D eigenvalue weighted by Crippen LogP contribution is -2.55. The van der Waals surface area contributed by atoms with Crippen LogP contribution >= 0.6 is 0 Å². The average molecular weight is 429 g/mol. The van der Waals surface area contributed by atoms with Crippen molar-refractivity contribution in [1.29, 1.82) is 0 Å². The molecular weight excluding hydrogens is 380 g/mol. The Kier molecular flexibility index (Phi) is 6.30. The van der Waals surface area contributed by atoms with Crippen molar-refractivity contribution < 1.29 is 9.90 Å². The van der Waals surface area contributed by atoms with E-state index in [4.69, 9.17) is 0 Å². The Balaban J connectivity index is 1.58. The van der Waals surface area contributed by atoms with E-state index in [9.17, 15) is 9.90 Å². The summed E-state index contributed by atoms with van der Waals surface area (Å²) in [5.74, 6) is 3.60. The van der Waals surface area contributed by atoms with E-state index in [-0.39, 0.29) is 5.41 Å². The van der Waals surface area contributed by atoms with Gasteiger partial charge in [-0.25, -0.2) is 0 Å². The van der Waals surface area contributed by atoms with Gasteiger partial charge in [-0.2, -0.15) is 0 Å². The van der Waals surface area contributed by atoms with Crippen LogP contribution in [0, 0.1) is 45.8 Å². The topological polar surface area (TPSA) is 37.3 Å². The van der Waals surface area contributed by atoms with E-state index in [1.165, 1.54) is 51.4 Å². The van der Waals surface area contributed by atoms with Crippen LogP contribution in [0.3, 0.4) is 0 Å². The van der Waals surface area contributed by atoms with Gasteiger partial charge in [-0.15, -0.1) is 0 Å². The summed E-state index contributed by atoms with van der Waals surface area (Å²) in [5, 5.41) is 10.7. The minimum atomic E-state index is -0.574. The quantitative estimate of drug-likeness (QED) is 0.355. The van der Waals surface area contributed by atoms with Crippen molar-refractivity contribution in [3.05, 3.63) is 11.1 Å². The number of carbonyl (C=O) groups is 1. The van der Waals surface area contributed by atoms with Crippen molar-refractivity contribution in [2.45, 2.75) is 118 Å². The summed E-state index contributed by atoms with van der Waals surface area (Å²) in [6.45, 7) is 14.4. The Labute approximate surface area is 191 Å². The van der Waals surface area contributed by atoms with Gasteiger partial charge in [0, 0.05) is 0 Å². The number of carbonyl (C=O) groups excluding carboxylic acids is 1. The Morgan fingerprint density at radius 2 is 1.74 bits per heavy atom. The molecule has 0 heterocycles. The number of hydrogen-bond acceptors (Lipinski definition) is 2. The molecule has 0 aromatic heterocycles. The predicted molar refractivity (Wildman–Crippen MR) is 129 cm³/mol. The fraction of sp³-hybridized carbons (Fsp3) is 0.897. The molecule has 4 rings (SSSR count). The first-order chi connectivity index (χ1) is 14.6. The SMILES string of the molecule is CC(C)CCC[C@@H](C)[C@H]1CC[C@H]2C3=C(CC[C@]12C)[C@@]1(C)CC[C@H](O)[C@](C)(C=O)[C@@H]1CC3. The number of hydrogen-bond donors (Lipinski definition) is 1. The zero-order chi connectivity index (χ0) is 22.6. The Bertz CT molecular complexity index is 722. The molecule has 2 saturated carbocycles. The van der Waals surface area contributed by atoms with Crippen molar-refractivity contribution in [3.8, 4) is 0 Å². The summed E-state index contributed by atoms with van der Waals surface area (Å²) in [4.78, 5) is 12.2. The molecule has 0 spiro atoms. The van der Waals surface area contributed by atoms with Gasteiger partial charge >= 0.3 is 0 Å². The van der Waals surface area contributed by atoms with Crippen molar-refractivity contribution in [2.24, 2.45) is 45.8 Å². The van der Waals surface area contributed by atoms with E-state index >= 15 is 0 Å². The van der Waals surface area contributed by atoms with Gasteiger partial charge in [0.25, 0.3) is 0 Å². The summed E-state index contributed by atoms with van der Waals surface area (Å²) >= 11 is 0. The highest BCUT2D eigenvalue weighted by Crippen LogP contribution is 2.67. The number of rotatable bonds is 6. The molecule has 176 valence electrons. The molecule has 0 unspecified atom stereocenters. The molecule has 4 aliphatic rings. The largest absolute Gasteiger partial charge is 0.392 e. The van der Waals surface area contributed by atoms with Gasteiger partial charge in [0.05, 0.1) is 11.5 Å². The number of allylic oxidation sites excluding steroid dienone is 2. The molecule has 0 radical (unpaired) electrons. The average Bonchev–Trinajstić information content (AvgIpc) is 3.08. The molecular formula is C29H48O2. The maximum atomic E-state index is 12.2. The fourth-order valence-electron chi connectivity index (χ4n) is 9.21. The first-order valence-electron chi connectivity index (χ1n) is 13.4. The minimum Gasteiger partial charge on any atom is -0.392 e. The van der Waals surface area contributed by atoms with E-state index in [1.807, 2.05) is 6.92 Å². The Morgan fingerprint density at radius 1 is 1.00 bits per heavy atom. The van der Waals surface area contributed by atoms with Crippen LogP contribution in [0.15, 0.2) is 11.1 Å². The molecule has 2 heteroatoms. The third-order valence-corrected chi connectivity index (χ3v) is 11.1. The van der Waals surface area contributed by atoms with Crippen LogP contribution in [-0.2, 0) is 4.79 Å². The maximum Gasteiger partial charge on any atom is 0.128 e. The minimum absolute atomic E-state index is 0.116. The molecule has 0 aliphatic heterocycles. The molecule has 2 nitrogen and oxygen atoms in total. The first-order valence-corrected chi connectivity index (χ1v) is 13.4. The molecule has 8 atom stereocenters. The van der Waals surface area contributed by atoms with Crippen LogP contribution in [0.25, 0.3) is 0 Å². The van der Waals surface area contributed by atoms with Gasteiger partial charge in [0.2, 0.25) is 0 Å². The molecule has 0 aromatic rings. The van der Waals surface area contributed by atoms with Gasteiger partial charge in [0.15, 0.2) is 0 Å². The van der Waals surface area contributed by atoms with E-state index < -0.39 is 11.5 Å². The summed E-state index contributed by atoms with van der Waals surface area (Å²) in [6.07, 6.45) is 14.2. The summed E-state index contributed by atoms with van der Waals surface area (Å²) in [5.41, 5.74) is 3.54. The summed E-state index contributed by atoms with van der Waals surface area (Å²) in [7, 11) is 0. The second kappa shape index (κ2) is 8.30. The third-order valence-electron chi connectivity index (χ3n) is 11.1. The van der Waals surface area contributed by atoms with Gasteiger partial charge in [0.1, 0.15) is 6.29 Å². The van der Waals surface area contributed by atoms with Crippen LogP contribution in [0.1, 0.15) is 112 Å².